The van der Waals surface area contributed by atoms with Crippen molar-refractivity contribution in [3.63, 3.8) is 0 Å². The summed E-state index contributed by atoms with van der Waals surface area (Å²) in [7, 11) is 0. The zero-order valence-electron chi connectivity index (χ0n) is 7.52. The van der Waals surface area contributed by atoms with Crippen LogP contribution in [0, 0.1) is 0 Å². The first kappa shape index (κ1) is 10.2. The minimum absolute atomic E-state index is 0.498. The van der Waals surface area contributed by atoms with E-state index in [9.17, 15) is 0 Å². The van der Waals surface area contributed by atoms with Crippen LogP contribution in [0.3, 0.4) is 0 Å². The molecule has 0 amide bonds. The molecular weight excluding hydrogens is 235 g/mol. The van der Waals surface area contributed by atoms with E-state index in [0.717, 1.165) is 0 Å². The summed E-state index contributed by atoms with van der Waals surface area (Å²) in [6.45, 7) is 0. The molecule has 0 unspecified atom stereocenters. The molecule has 2 rings (SSSR count). The van der Waals surface area contributed by atoms with Gasteiger partial charge in [0.05, 0.1) is 16.2 Å². The summed E-state index contributed by atoms with van der Waals surface area (Å²) < 4.78 is 4.90. The molecule has 0 bridgehead atoms. The van der Waals surface area contributed by atoms with Crippen LogP contribution in [0.15, 0.2) is 29.2 Å². The van der Waals surface area contributed by atoms with Crippen molar-refractivity contribution in [1.29, 1.82) is 0 Å². The zero-order valence-corrected chi connectivity index (χ0v) is 9.03. The van der Waals surface area contributed by atoms with Crippen molar-refractivity contribution >= 4 is 35.4 Å². The molecule has 76 valence electrons. The average Bonchev–Trinajstić information content (AvgIpc) is 2.70. The summed E-state index contributed by atoms with van der Waals surface area (Å²) >= 11 is 11.9. The fourth-order valence-electron chi connectivity index (χ4n) is 1.06. The van der Waals surface area contributed by atoms with E-state index in [2.05, 4.69) is 10.1 Å². The van der Waals surface area contributed by atoms with Crippen LogP contribution in [0.4, 0.5) is 0 Å². The maximum absolute atomic E-state index is 5.93. The Hall–Kier alpha value is -1.32. The van der Waals surface area contributed by atoms with E-state index in [0.29, 0.717) is 21.4 Å². The summed E-state index contributed by atoms with van der Waals surface area (Å²) in [4.78, 5) is 3.86. The highest BCUT2D eigenvalue weighted by Crippen LogP contribution is 2.24. The number of nitrogens with zero attached hydrogens (tertiary/aromatic N) is 2. The van der Waals surface area contributed by atoms with Gasteiger partial charge in [0.2, 0.25) is 0 Å². The van der Waals surface area contributed by atoms with Crippen molar-refractivity contribution in [3.05, 3.63) is 46.0 Å². The molecule has 0 radical (unpaired) electrons. The Morgan fingerprint density at radius 3 is 2.47 bits per heavy atom. The molecule has 0 saturated heterocycles. The van der Waals surface area contributed by atoms with E-state index in [1.54, 1.807) is 24.4 Å². The largest absolute Gasteiger partial charge is 0.357 e. The topological polar surface area (TPSA) is 38.9 Å². The second-order valence-corrected chi connectivity index (χ2v) is 3.58. The normalized spacial score (nSPS) is 11.1. The molecule has 2 heterocycles. The van der Waals surface area contributed by atoms with Crippen LogP contribution in [0.25, 0.3) is 12.2 Å². The van der Waals surface area contributed by atoms with Crippen LogP contribution < -0.4 is 0 Å². The molecule has 0 aromatic carbocycles. The Morgan fingerprint density at radius 2 is 1.87 bits per heavy atom. The van der Waals surface area contributed by atoms with Gasteiger partial charge in [0, 0.05) is 24.0 Å². The molecule has 3 nitrogen and oxygen atoms in total. The lowest BCUT2D eigenvalue weighted by molar-refractivity contribution is 0.413. The van der Waals surface area contributed by atoms with Crippen LogP contribution in [-0.4, -0.2) is 10.1 Å². The molecule has 0 saturated carbocycles. The first-order valence-electron chi connectivity index (χ1n) is 4.15. The highest BCUT2D eigenvalue weighted by molar-refractivity contribution is 6.37. The highest BCUT2D eigenvalue weighted by atomic mass is 35.5. The summed E-state index contributed by atoms with van der Waals surface area (Å²) in [5.41, 5.74) is 0.713. The van der Waals surface area contributed by atoms with Gasteiger partial charge in [-0.2, -0.15) is 0 Å². The molecule has 0 aliphatic carbocycles. The Kier molecular flexibility index (Phi) is 3.04. The predicted octanol–water partition coefficient (Wildman–Crippen LogP) is 3.55. The molecule has 0 atom stereocenters. The smallest absolute Gasteiger partial charge is 0.159 e. The molecule has 2 aromatic rings. The first-order chi connectivity index (χ1) is 7.27. The van der Waals surface area contributed by atoms with Gasteiger partial charge in [0.25, 0.3) is 0 Å². The Balaban J connectivity index is 2.32. The lowest BCUT2D eigenvalue weighted by Gasteiger charge is -1.98. The molecule has 0 N–H and O–H groups in total. The summed E-state index contributed by atoms with van der Waals surface area (Å²) in [5, 5.41) is 4.57. The van der Waals surface area contributed by atoms with E-state index >= 15 is 0 Å². The average molecular weight is 241 g/mol. The molecule has 0 spiro atoms. The Bertz CT molecular complexity index is 460. The quantitative estimate of drug-likeness (QED) is 0.806. The summed E-state index contributed by atoms with van der Waals surface area (Å²) in [6, 6.07) is 1.74. The SMILES string of the molecule is Clc1cncc(Cl)c1/C=C/c1ccno1. The maximum atomic E-state index is 5.93. The lowest BCUT2D eigenvalue weighted by Crippen LogP contribution is -1.80. The standard InChI is InChI=1S/C10H6Cl2N2O/c11-9-5-13-6-10(12)8(9)2-1-7-3-4-14-15-7/h1-6H/b2-1+. The van der Waals surface area contributed by atoms with Crippen molar-refractivity contribution in [3.8, 4) is 0 Å². The molecular formula is C10H6Cl2N2O. The van der Waals surface area contributed by atoms with Crippen molar-refractivity contribution < 1.29 is 4.52 Å². The molecule has 0 aliphatic rings. The van der Waals surface area contributed by atoms with Gasteiger partial charge in [-0.05, 0) is 12.2 Å². The number of hydrogen-bond donors (Lipinski definition) is 0. The van der Waals surface area contributed by atoms with Crippen LogP contribution in [0.2, 0.25) is 10.0 Å². The fraction of sp³-hybridized carbons (Fsp3) is 0. The minimum atomic E-state index is 0.498. The highest BCUT2D eigenvalue weighted by Gasteiger charge is 2.02. The van der Waals surface area contributed by atoms with Crippen molar-refractivity contribution in [2.24, 2.45) is 0 Å². The van der Waals surface area contributed by atoms with Crippen LogP contribution in [-0.2, 0) is 0 Å². The number of aromatic nitrogens is 2. The van der Waals surface area contributed by atoms with E-state index in [-0.39, 0.29) is 0 Å². The van der Waals surface area contributed by atoms with Gasteiger partial charge >= 0.3 is 0 Å². The van der Waals surface area contributed by atoms with Crippen molar-refractivity contribution in [2.45, 2.75) is 0 Å². The Labute approximate surface area is 96.3 Å². The molecule has 15 heavy (non-hydrogen) atoms. The van der Waals surface area contributed by atoms with Gasteiger partial charge < -0.3 is 4.52 Å². The summed E-state index contributed by atoms with van der Waals surface area (Å²) in [6.07, 6.45) is 8.13. The van der Waals surface area contributed by atoms with Crippen molar-refractivity contribution in [2.75, 3.05) is 0 Å². The van der Waals surface area contributed by atoms with E-state index in [4.69, 9.17) is 27.7 Å². The fourth-order valence-corrected chi connectivity index (χ4v) is 1.55. The third-order valence-corrected chi connectivity index (χ3v) is 2.36. The number of rotatable bonds is 2. The van der Waals surface area contributed by atoms with Gasteiger partial charge in [-0.25, -0.2) is 0 Å². The van der Waals surface area contributed by atoms with Crippen LogP contribution in [0.5, 0.6) is 0 Å². The molecule has 0 aliphatic heterocycles. The molecule has 0 fully saturated rings. The zero-order chi connectivity index (χ0) is 10.7. The molecule has 5 heteroatoms. The predicted molar refractivity (Wildman–Crippen MR) is 59.7 cm³/mol. The second kappa shape index (κ2) is 4.47. The van der Waals surface area contributed by atoms with Crippen LogP contribution >= 0.6 is 23.2 Å². The first-order valence-corrected chi connectivity index (χ1v) is 4.91. The number of halogens is 2. The number of pyridine rings is 1. The van der Waals surface area contributed by atoms with Gasteiger partial charge in [-0.3, -0.25) is 4.98 Å². The van der Waals surface area contributed by atoms with Gasteiger partial charge in [0.15, 0.2) is 5.76 Å². The van der Waals surface area contributed by atoms with E-state index < -0.39 is 0 Å². The third kappa shape index (κ3) is 2.37. The minimum Gasteiger partial charge on any atom is -0.357 e. The summed E-state index contributed by atoms with van der Waals surface area (Å²) in [5.74, 6) is 0.638. The van der Waals surface area contributed by atoms with E-state index in [1.165, 1.54) is 12.4 Å². The van der Waals surface area contributed by atoms with E-state index in [1.807, 2.05) is 0 Å². The van der Waals surface area contributed by atoms with Crippen LogP contribution in [0.1, 0.15) is 11.3 Å². The lowest BCUT2D eigenvalue weighted by atomic mass is 10.2. The number of hydrogen-bond acceptors (Lipinski definition) is 3. The maximum Gasteiger partial charge on any atom is 0.159 e. The molecule has 2 aromatic heterocycles. The van der Waals surface area contributed by atoms with Gasteiger partial charge in [-0.1, -0.05) is 28.4 Å². The van der Waals surface area contributed by atoms with Crippen molar-refractivity contribution in [1.82, 2.24) is 10.1 Å². The van der Waals surface area contributed by atoms with Gasteiger partial charge in [0.1, 0.15) is 0 Å². The monoisotopic (exact) mass is 240 g/mol. The third-order valence-electron chi connectivity index (χ3n) is 1.76. The Morgan fingerprint density at radius 1 is 1.13 bits per heavy atom. The second-order valence-electron chi connectivity index (χ2n) is 2.76. The van der Waals surface area contributed by atoms with Gasteiger partial charge in [-0.15, -0.1) is 0 Å².